The van der Waals surface area contributed by atoms with Gasteiger partial charge in [-0.3, -0.25) is 9.59 Å². The lowest BCUT2D eigenvalue weighted by Gasteiger charge is -2.23. The van der Waals surface area contributed by atoms with Crippen LogP contribution in [0, 0.1) is 5.92 Å². The van der Waals surface area contributed by atoms with Gasteiger partial charge < -0.3 is 14.4 Å². The Bertz CT molecular complexity index is 1010. The molecule has 2 amide bonds. The van der Waals surface area contributed by atoms with Crippen LogP contribution < -0.4 is 0 Å². The van der Waals surface area contributed by atoms with Gasteiger partial charge in [-0.25, -0.2) is 4.98 Å². The molecule has 1 atom stereocenters. The molecule has 1 fully saturated rings. The fraction of sp³-hybridized carbons (Fsp3) is 0.348. The van der Waals surface area contributed by atoms with Crippen LogP contribution in [-0.4, -0.2) is 57.3 Å². The van der Waals surface area contributed by atoms with Crippen LogP contribution in [0.15, 0.2) is 54.2 Å². The van der Waals surface area contributed by atoms with E-state index in [4.69, 9.17) is 0 Å². The van der Waals surface area contributed by atoms with E-state index in [2.05, 4.69) is 40.7 Å². The second-order valence-electron chi connectivity index (χ2n) is 7.61. The van der Waals surface area contributed by atoms with Gasteiger partial charge in [-0.05, 0) is 35.9 Å². The second kappa shape index (κ2) is 8.83. The van der Waals surface area contributed by atoms with Gasteiger partial charge in [-0.1, -0.05) is 30.3 Å². The third-order valence-electron chi connectivity index (χ3n) is 5.66. The standard InChI is InChI=1S/C23H26N4O2S/c1-3-26-12-13-27(23(29)21-24-10-11-25(21)2)16-19(22(26)28)15-17-6-8-18(9-7-17)20-5-4-14-30-20/h4-11,14,19H,3,12-13,15-16H2,1-2H3/t19-/m1/s1. The molecule has 0 saturated carbocycles. The van der Waals surface area contributed by atoms with Crippen molar-refractivity contribution in [2.75, 3.05) is 26.2 Å². The van der Waals surface area contributed by atoms with Crippen molar-refractivity contribution >= 4 is 23.2 Å². The van der Waals surface area contributed by atoms with Crippen molar-refractivity contribution in [1.29, 1.82) is 0 Å². The average molecular weight is 423 g/mol. The first-order chi connectivity index (χ1) is 14.6. The topological polar surface area (TPSA) is 58.4 Å². The van der Waals surface area contributed by atoms with Crippen molar-refractivity contribution in [3.8, 4) is 10.4 Å². The number of aryl methyl sites for hydroxylation is 1. The summed E-state index contributed by atoms with van der Waals surface area (Å²) in [5, 5.41) is 2.07. The minimum absolute atomic E-state index is 0.119. The highest BCUT2D eigenvalue weighted by Crippen LogP contribution is 2.26. The maximum Gasteiger partial charge on any atom is 0.289 e. The summed E-state index contributed by atoms with van der Waals surface area (Å²) in [4.78, 5) is 35.2. The summed E-state index contributed by atoms with van der Waals surface area (Å²) in [5.41, 5.74) is 2.29. The highest BCUT2D eigenvalue weighted by molar-refractivity contribution is 7.13. The quantitative estimate of drug-likeness (QED) is 0.634. The summed E-state index contributed by atoms with van der Waals surface area (Å²) in [6.45, 7) is 4.13. The largest absolute Gasteiger partial charge is 0.341 e. The lowest BCUT2D eigenvalue weighted by atomic mass is 9.96. The Morgan fingerprint density at radius 2 is 2.00 bits per heavy atom. The summed E-state index contributed by atoms with van der Waals surface area (Å²) < 4.78 is 1.73. The van der Waals surface area contributed by atoms with E-state index >= 15 is 0 Å². The number of nitrogens with zero attached hydrogens (tertiary/aromatic N) is 4. The number of benzene rings is 1. The Morgan fingerprint density at radius 3 is 2.63 bits per heavy atom. The van der Waals surface area contributed by atoms with Crippen molar-refractivity contribution in [3.63, 3.8) is 0 Å². The van der Waals surface area contributed by atoms with Crippen LogP contribution >= 0.6 is 11.3 Å². The van der Waals surface area contributed by atoms with Crippen LogP contribution in [0.2, 0.25) is 0 Å². The van der Waals surface area contributed by atoms with Crippen molar-refractivity contribution in [1.82, 2.24) is 19.4 Å². The third kappa shape index (κ3) is 4.16. The van der Waals surface area contributed by atoms with Crippen molar-refractivity contribution in [3.05, 3.63) is 65.6 Å². The van der Waals surface area contributed by atoms with Crippen LogP contribution in [-0.2, 0) is 18.3 Å². The van der Waals surface area contributed by atoms with Crippen molar-refractivity contribution in [2.24, 2.45) is 13.0 Å². The molecular formula is C23H26N4O2S. The normalized spacial score (nSPS) is 17.3. The number of hydrogen-bond donors (Lipinski definition) is 0. The minimum atomic E-state index is -0.260. The Labute approximate surface area is 180 Å². The Hall–Kier alpha value is -2.93. The van der Waals surface area contributed by atoms with Crippen LogP contribution in [0.3, 0.4) is 0 Å². The van der Waals surface area contributed by atoms with Gasteiger partial charge in [-0.2, -0.15) is 0 Å². The van der Waals surface area contributed by atoms with Crippen LogP contribution in [0.1, 0.15) is 23.1 Å². The molecule has 1 aromatic carbocycles. The molecule has 1 aliphatic rings. The summed E-state index contributed by atoms with van der Waals surface area (Å²) in [6, 6.07) is 12.6. The van der Waals surface area contributed by atoms with E-state index in [-0.39, 0.29) is 17.7 Å². The molecule has 3 heterocycles. The highest BCUT2D eigenvalue weighted by atomic mass is 32.1. The molecule has 2 aromatic heterocycles. The smallest absolute Gasteiger partial charge is 0.289 e. The van der Waals surface area contributed by atoms with Gasteiger partial charge in [0.2, 0.25) is 5.91 Å². The predicted molar refractivity (Wildman–Crippen MR) is 118 cm³/mol. The number of likely N-dealkylation sites (N-methyl/N-ethyl adjacent to an activating group) is 1. The number of rotatable bonds is 5. The van der Waals surface area contributed by atoms with Crippen molar-refractivity contribution in [2.45, 2.75) is 13.3 Å². The monoisotopic (exact) mass is 422 g/mol. The van der Waals surface area contributed by atoms with Crippen LogP contribution in [0.4, 0.5) is 0 Å². The Morgan fingerprint density at radius 1 is 1.20 bits per heavy atom. The molecule has 7 heteroatoms. The van der Waals surface area contributed by atoms with Crippen molar-refractivity contribution < 1.29 is 9.59 Å². The molecule has 6 nitrogen and oxygen atoms in total. The van der Waals surface area contributed by atoms with Gasteiger partial charge in [0, 0.05) is 50.5 Å². The molecule has 0 unspecified atom stereocenters. The lowest BCUT2D eigenvalue weighted by Crippen LogP contribution is -2.38. The van der Waals surface area contributed by atoms with E-state index in [0.29, 0.717) is 38.4 Å². The fourth-order valence-electron chi connectivity index (χ4n) is 3.94. The molecule has 0 bridgehead atoms. The van der Waals surface area contributed by atoms with Gasteiger partial charge in [0.15, 0.2) is 5.82 Å². The van der Waals surface area contributed by atoms with E-state index in [1.54, 1.807) is 33.2 Å². The maximum absolute atomic E-state index is 13.1. The molecule has 3 aromatic rings. The summed E-state index contributed by atoms with van der Waals surface area (Å²) in [7, 11) is 1.81. The van der Waals surface area contributed by atoms with Gasteiger partial charge in [0.1, 0.15) is 0 Å². The first kappa shape index (κ1) is 20.3. The van der Waals surface area contributed by atoms with Gasteiger partial charge in [0.05, 0.1) is 5.92 Å². The van der Waals surface area contributed by atoms with E-state index in [0.717, 1.165) is 5.56 Å². The Balaban J connectivity index is 1.54. The number of amides is 2. The number of carbonyl (C=O) groups excluding carboxylic acids is 2. The molecule has 0 aliphatic carbocycles. The number of imidazole rings is 1. The minimum Gasteiger partial charge on any atom is -0.341 e. The number of carbonyl (C=O) groups is 2. The predicted octanol–water partition coefficient (Wildman–Crippen LogP) is 3.31. The number of hydrogen-bond acceptors (Lipinski definition) is 4. The zero-order valence-corrected chi connectivity index (χ0v) is 18.1. The zero-order valence-electron chi connectivity index (χ0n) is 17.3. The third-order valence-corrected chi connectivity index (χ3v) is 6.58. The van der Waals surface area contributed by atoms with Gasteiger partial charge >= 0.3 is 0 Å². The van der Waals surface area contributed by atoms with E-state index < -0.39 is 0 Å². The average Bonchev–Trinajstić information content (AvgIpc) is 3.41. The Kier molecular flexibility index (Phi) is 5.99. The second-order valence-corrected chi connectivity index (χ2v) is 8.55. The molecule has 4 rings (SSSR count). The molecule has 1 aliphatic heterocycles. The molecule has 0 spiro atoms. The molecule has 1 saturated heterocycles. The molecule has 30 heavy (non-hydrogen) atoms. The fourth-order valence-corrected chi connectivity index (χ4v) is 4.67. The van der Waals surface area contributed by atoms with E-state index in [1.165, 1.54) is 10.4 Å². The molecular weight excluding hydrogens is 396 g/mol. The van der Waals surface area contributed by atoms with E-state index in [9.17, 15) is 9.59 Å². The molecule has 0 radical (unpaired) electrons. The lowest BCUT2D eigenvalue weighted by molar-refractivity contribution is -0.134. The van der Waals surface area contributed by atoms with E-state index in [1.807, 2.05) is 24.9 Å². The first-order valence-electron chi connectivity index (χ1n) is 10.2. The molecule has 0 N–H and O–H groups in total. The van der Waals surface area contributed by atoms with Gasteiger partial charge in [0.25, 0.3) is 5.91 Å². The molecule has 156 valence electrons. The summed E-state index contributed by atoms with van der Waals surface area (Å²) >= 11 is 1.71. The number of aromatic nitrogens is 2. The number of thiophene rings is 1. The summed E-state index contributed by atoms with van der Waals surface area (Å²) in [5.74, 6) is 0.150. The van der Waals surface area contributed by atoms with Crippen LogP contribution in [0.25, 0.3) is 10.4 Å². The van der Waals surface area contributed by atoms with Gasteiger partial charge in [-0.15, -0.1) is 11.3 Å². The highest BCUT2D eigenvalue weighted by Gasteiger charge is 2.33. The maximum atomic E-state index is 13.1. The van der Waals surface area contributed by atoms with Crippen LogP contribution in [0.5, 0.6) is 0 Å². The first-order valence-corrected chi connectivity index (χ1v) is 11.1. The summed E-state index contributed by atoms with van der Waals surface area (Å²) in [6.07, 6.45) is 4.01. The zero-order chi connectivity index (χ0) is 21.1. The SMILES string of the molecule is CCN1CCN(C(=O)c2nccn2C)C[C@@H](Cc2ccc(-c3cccs3)cc2)C1=O.